The summed E-state index contributed by atoms with van der Waals surface area (Å²) in [6, 6.07) is 3.18. The third-order valence-corrected chi connectivity index (χ3v) is 4.03. The molecule has 6 heteroatoms. The van der Waals surface area contributed by atoms with Crippen molar-refractivity contribution in [2.24, 2.45) is 5.92 Å². The highest BCUT2D eigenvalue weighted by atomic mass is 32.2. The Morgan fingerprint density at radius 2 is 2.05 bits per heavy atom. The van der Waals surface area contributed by atoms with Gasteiger partial charge in [-0.05, 0) is 37.4 Å². The van der Waals surface area contributed by atoms with E-state index < -0.39 is 10.0 Å². The van der Waals surface area contributed by atoms with Gasteiger partial charge in [-0.1, -0.05) is 20.8 Å². The minimum absolute atomic E-state index is 0.00931. The van der Waals surface area contributed by atoms with Crippen LogP contribution in [-0.4, -0.2) is 21.5 Å². The molecule has 0 amide bonds. The molecule has 2 N–H and O–H groups in total. The molecule has 0 fully saturated rings. The Hall–Kier alpha value is -0.850. The molecule has 0 atom stereocenters. The second kappa shape index (κ2) is 7.67. The maximum atomic E-state index is 11.9. The predicted octanol–water partition coefficient (Wildman–Crippen LogP) is 2.10. The molecule has 1 aromatic heterocycles. The molecule has 0 aliphatic carbocycles. The third-order valence-electron chi connectivity index (χ3n) is 2.70. The summed E-state index contributed by atoms with van der Waals surface area (Å²) in [6.45, 7) is 8.03. The normalized spacial score (nSPS) is 12.2. The molecule has 1 rings (SSSR count). The summed E-state index contributed by atoms with van der Waals surface area (Å²) >= 11 is 0. The van der Waals surface area contributed by atoms with E-state index in [9.17, 15) is 8.42 Å². The van der Waals surface area contributed by atoms with E-state index in [0.717, 1.165) is 19.4 Å². The van der Waals surface area contributed by atoms with Gasteiger partial charge in [0.25, 0.3) is 10.0 Å². The van der Waals surface area contributed by atoms with Gasteiger partial charge in [0.1, 0.15) is 5.76 Å². The predicted molar refractivity (Wildman–Crippen MR) is 75.3 cm³/mol. The number of rotatable bonds is 9. The van der Waals surface area contributed by atoms with Crippen molar-refractivity contribution >= 4 is 10.0 Å². The quantitative estimate of drug-likeness (QED) is 0.683. The molecule has 0 spiro atoms. The van der Waals surface area contributed by atoms with Crippen molar-refractivity contribution < 1.29 is 12.8 Å². The van der Waals surface area contributed by atoms with Crippen molar-refractivity contribution in [3.63, 3.8) is 0 Å². The van der Waals surface area contributed by atoms with Crippen LogP contribution in [0.25, 0.3) is 0 Å². The van der Waals surface area contributed by atoms with Gasteiger partial charge in [-0.15, -0.1) is 0 Å². The van der Waals surface area contributed by atoms with Crippen LogP contribution >= 0.6 is 0 Å². The molecule has 19 heavy (non-hydrogen) atoms. The van der Waals surface area contributed by atoms with E-state index in [1.807, 2.05) is 6.92 Å². The van der Waals surface area contributed by atoms with Crippen LogP contribution in [0.15, 0.2) is 21.6 Å². The molecule has 110 valence electrons. The summed E-state index contributed by atoms with van der Waals surface area (Å²) < 4.78 is 31.8. The van der Waals surface area contributed by atoms with Gasteiger partial charge in [-0.2, -0.15) is 0 Å². The molecule has 0 aliphatic heterocycles. The van der Waals surface area contributed by atoms with Crippen molar-refractivity contribution in [3.8, 4) is 0 Å². The van der Waals surface area contributed by atoms with Crippen LogP contribution in [0.4, 0.5) is 0 Å². The van der Waals surface area contributed by atoms with Gasteiger partial charge in [0, 0.05) is 6.54 Å². The Morgan fingerprint density at radius 1 is 1.32 bits per heavy atom. The van der Waals surface area contributed by atoms with Crippen LogP contribution in [0, 0.1) is 5.92 Å². The van der Waals surface area contributed by atoms with E-state index in [2.05, 4.69) is 23.9 Å². The van der Waals surface area contributed by atoms with Crippen LogP contribution in [-0.2, 0) is 16.6 Å². The summed E-state index contributed by atoms with van der Waals surface area (Å²) in [6.07, 6.45) is 1.84. The molecule has 0 unspecified atom stereocenters. The number of nitrogens with one attached hydrogen (secondary N) is 2. The molecule has 5 nitrogen and oxygen atoms in total. The van der Waals surface area contributed by atoms with Gasteiger partial charge in [0.05, 0.1) is 6.54 Å². The smallest absolute Gasteiger partial charge is 0.273 e. The Kier molecular flexibility index (Phi) is 6.54. The molecule has 0 radical (unpaired) electrons. The van der Waals surface area contributed by atoms with Gasteiger partial charge in [0.2, 0.25) is 5.09 Å². The zero-order valence-corrected chi connectivity index (χ0v) is 12.7. The summed E-state index contributed by atoms with van der Waals surface area (Å²) in [7, 11) is -3.51. The lowest BCUT2D eigenvalue weighted by atomic mass is 10.1. The summed E-state index contributed by atoms with van der Waals surface area (Å²) in [5.41, 5.74) is 0. The van der Waals surface area contributed by atoms with E-state index in [1.165, 1.54) is 6.07 Å². The average Bonchev–Trinajstić information content (AvgIpc) is 2.81. The first kappa shape index (κ1) is 16.2. The second-order valence-corrected chi connectivity index (χ2v) is 6.63. The zero-order valence-electron chi connectivity index (χ0n) is 11.9. The number of hydrogen-bond donors (Lipinski definition) is 2. The van der Waals surface area contributed by atoms with Crippen molar-refractivity contribution in [3.05, 3.63) is 17.9 Å². The number of furan rings is 1. The molecule has 0 saturated heterocycles. The standard InChI is InChI=1S/C13H24N2O3S/c1-4-14-10-12-7-8-13(18-12)19(16,17)15-9-5-6-11(2)3/h7-8,11,14-15H,4-6,9-10H2,1-3H3. The van der Waals surface area contributed by atoms with Crippen LogP contribution < -0.4 is 10.0 Å². The van der Waals surface area contributed by atoms with E-state index >= 15 is 0 Å². The first-order chi connectivity index (χ1) is 8.95. The van der Waals surface area contributed by atoms with Crippen LogP contribution in [0.1, 0.15) is 39.4 Å². The van der Waals surface area contributed by atoms with Gasteiger partial charge in [-0.3, -0.25) is 0 Å². The Labute approximate surface area is 115 Å². The molecule has 0 bridgehead atoms. The third kappa shape index (κ3) is 5.76. The Bertz CT molecular complexity index is 466. The highest BCUT2D eigenvalue weighted by Crippen LogP contribution is 2.14. The summed E-state index contributed by atoms with van der Waals surface area (Å²) in [5.74, 6) is 1.21. The molecule has 0 aromatic carbocycles. The maximum absolute atomic E-state index is 11.9. The average molecular weight is 288 g/mol. The molecule has 0 aliphatic rings. The van der Waals surface area contributed by atoms with Gasteiger partial charge < -0.3 is 9.73 Å². The van der Waals surface area contributed by atoms with Crippen molar-refractivity contribution in [1.82, 2.24) is 10.0 Å². The highest BCUT2D eigenvalue weighted by molar-refractivity contribution is 7.89. The SMILES string of the molecule is CCNCc1ccc(S(=O)(=O)NCCCC(C)C)o1. The molecular weight excluding hydrogens is 264 g/mol. The minimum atomic E-state index is -3.51. The lowest BCUT2D eigenvalue weighted by Gasteiger charge is -2.06. The van der Waals surface area contributed by atoms with E-state index in [1.54, 1.807) is 6.07 Å². The molecule has 1 heterocycles. The van der Waals surface area contributed by atoms with Crippen LogP contribution in [0.3, 0.4) is 0 Å². The fourth-order valence-corrected chi connectivity index (χ4v) is 2.65. The largest absolute Gasteiger partial charge is 0.447 e. The summed E-state index contributed by atoms with van der Waals surface area (Å²) in [5, 5.41) is 3.08. The highest BCUT2D eigenvalue weighted by Gasteiger charge is 2.17. The lowest BCUT2D eigenvalue weighted by Crippen LogP contribution is -2.24. The van der Waals surface area contributed by atoms with Gasteiger partial charge >= 0.3 is 0 Å². The van der Waals surface area contributed by atoms with Gasteiger partial charge in [-0.25, -0.2) is 13.1 Å². The minimum Gasteiger partial charge on any atom is -0.447 e. The van der Waals surface area contributed by atoms with Crippen molar-refractivity contribution in [2.75, 3.05) is 13.1 Å². The first-order valence-electron chi connectivity index (χ1n) is 6.74. The number of hydrogen-bond acceptors (Lipinski definition) is 4. The van der Waals surface area contributed by atoms with Gasteiger partial charge in [0.15, 0.2) is 0 Å². The van der Waals surface area contributed by atoms with Crippen LogP contribution in [0.5, 0.6) is 0 Å². The summed E-state index contributed by atoms with van der Waals surface area (Å²) in [4.78, 5) is 0. The van der Waals surface area contributed by atoms with E-state index in [0.29, 0.717) is 24.8 Å². The maximum Gasteiger partial charge on any atom is 0.273 e. The fourth-order valence-electron chi connectivity index (χ4n) is 1.63. The van der Waals surface area contributed by atoms with Crippen molar-refractivity contribution in [1.29, 1.82) is 0 Å². The molecular formula is C13H24N2O3S. The van der Waals surface area contributed by atoms with E-state index in [4.69, 9.17) is 4.42 Å². The lowest BCUT2D eigenvalue weighted by molar-refractivity contribution is 0.401. The van der Waals surface area contributed by atoms with Crippen LogP contribution in [0.2, 0.25) is 0 Å². The fraction of sp³-hybridized carbons (Fsp3) is 0.692. The second-order valence-electron chi connectivity index (χ2n) is 4.93. The topological polar surface area (TPSA) is 71.3 Å². The van der Waals surface area contributed by atoms with E-state index in [-0.39, 0.29) is 5.09 Å². The Morgan fingerprint density at radius 3 is 2.68 bits per heavy atom. The molecule has 0 saturated carbocycles. The monoisotopic (exact) mass is 288 g/mol. The molecule has 1 aromatic rings. The first-order valence-corrected chi connectivity index (χ1v) is 8.23. The van der Waals surface area contributed by atoms with Crippen molar-refractivity contribution in [2.45, 2.75) is 45.2 Å². The zero-order chi connectivity index (χ0) is 14.3. The number of sulfonamides is 1. The Balaban J connectivity index is 2.50.